The van der Waals surface area contributed by atoms with Crippen LogP contribution in [0.3, 0.4) is 0 Å². The number of nitrogens with zero attached hydrogens (tertiary/aromatic N) is 1. The lowest BCUT2D eigenvalue weighted by atomic mass is 10.0. The molecule has 2 fully saturated rings. The second-order valence-corrected chi connectivity index (χ2v) is 7.89. The van der Waals surface area contributed by atoms with Crippen molar-refractivity contribution in [1.82, 2.24) is 9.03 Å². The summed E-state index contributed by atoms with van der Waals surface area (Å²) in [7, 11) is -3.70. The molecule has 6 nitrogen and oxygen atoms in total. The van der Waals surface area contributed by atoms with Gasteiger partial charge in [0.05, 0.1) is 0 Å². The van der Waals surface area contributed by atoms with Gasteiger partial charge in [-0.1, -0.05) is 12.8 Å². The molecule has 2 heterocycles. The maximum absolute atomic E-state index is 12.3. The van der Waals surface area contributed by atoms with Crippen LogP contribution < -0.4 is 4.72 Å². The van der Waals surface area contributed by atoms with E-state index >= 15 is 0 Å². The molecule has 8 heteroatoms. The van der Waals surface area contributed by atoms with Crippen molar-refractivity contribution in [2.45, 2.75) is 37.6 Å². The lowest BCUT2D eigenvalue weighted by molar-refractivity contribution is -0.143. The minimum absolute atomic E-state index is 0.301. The van der Waals surface area contributed by atoms with Crippen molar-refractivity contribution in [2.75, 3.05) is 24.6 Å². The van der Waals surface area contributed by atoms with Gasteiger partial charge < -0.3 is 5.11 Å². The summed E-state index contributed by atoms with van der Waals surface area (Å²) in [6.45, 7) is 0.969. The Kier molecular flexibility index (Phi) is 4.75. The van der Waals surface area contributed by atoms with Crippen LogP contribution in [0.5, 0.6) is 0 Å². The van der Waals surface area contributed by atoms with E-state index in [0.29, 0.717) is 31.0 Å². The summed E-state index contributed by atoms with van der Waals surface area (Å²) in [5, 5.41) is 9.32. The van der Waals surface area contributed by atoms with Gasteiger partial charge in [-0.2, -0.15) is 29.2 Å². The Hall–Kier alpha value is -0.310. The Morgan fingerprint density at radius 1 is 1.21 bits per heavy atom. The van der Waals surface area contributed by atoms with Gasteiger partial charge in [0.25, 0.3) is 10.2 Å². The molecule has 0 spiro atoms. The zero-order valence-electron chi connectivity index (χ0n) is 10.8. The highest BCUT2D eigenvalue weighted by atomic mass is 32.2. The van der Waals surface area contributed by atoms with Crippen LogP contribution in [0, 0.1) is 0 Å². The Labute approximate surface area is 118 Å². The fourth-order valence-corrected chi connectivity index (χ4v) is 5.49. The second kappa shape index (κ2) is 5.99. The summed E-state index contributed by atoms with van der Waals surface area (Å²) >= 11 is 1.47. The molecule has 2 N–H and O–H groups in total. The maximum Gasteiger partial charge on any atom is 0.325 e. The highest BCUT2D eigenvalue weighted by molar-refractivity contribution is 7.99. The molecular formula is C11H20N2O4S2. The van der Waals surface area contributed by atoms with Crippen molar-refractivity contribution in [3.63, 3.8) is 0 Å². The molecule has 2 rings (SSSR count). The third-order valence-electron chi connectivity index (χ3n) is 3.66. The van der Waals surface area contributed by atoms with Gasteiger partial charge in [-0.3, -0.25) is 4.79 Å². The predicted molar refractivity (Wildman–Crippen MR) is 74.4 cm³/mol. The molecule has 2 aliphatic heterocycles. The lowest BCUT2D eigenvalue weighted by Crippen LogP contribution is -2.58. The van der Waals surface area contributed by atoms with Crippen molar-refractivity contribution in [1.29, 1.82) is 0 Å². The van der Waals surface area contributed by atoms with E-state index in [0.717, 1.165) is 25.7 Å². The minimum atomic E-state index is -3.70. The maximum atomic E-state index is 12.3. The van der Waals surface area contributed by atoms with Gasteiger partial charge in [0.15, 0.2) is 0 Å². The molecule has 2 saturated heterocycles. The fourth-order valence-electron chi connectivity index (χ4n) is 2.45. The number of nitrogens with one attached hydrogen (secondary N) is 1. The summed E-state index contributed by atoms with van der Waals surface area (Å²) in [5.74, 6) is -0.0968. The van der Waals surface area contributed by atoms with Gasteiger partial charge in [0, 0.05) is 18.8 Å². The van der Waals surface area contributed by atoms with Crippen LogP contribution in [-0.4, -0.2) is 53.9 Å². The summed E-state index contributed by atoms with van der Waals surface area (Å²) < 4.78 is 28.5. The van der Waals surface area contributed by atoms with Gasteiger partial charge in [0.2, 0.25) is 0 Å². The zero-order valence-corrected chi connectivity index (χ0v) is 12.4. The highest BCUT2D eigenvalue weighted by Crippen LogP contribution is 2.29. The SMILES string of the molecule is O=C(O)C1(NS(=O)(=O)N2CCCCCC2)CCSC1. The number of hydrogen-bond donors (Lipinski definition) is 2. The van der Waals surface area contributed by atoms with Gasteiger partial charge in [-0.25, -0.2) is 0 Å². The lowest BCUT2D eigenvalue weighted by Gasteiger charge is -2.28. The van der Waals surface area contributed by atoms with E-state index in [1.165, 1.54) is 16.1 Å². The monoisotopic (exact) mass is 308 g/mol. The molecule has 0 aliphatic carbocycles. The number of carboxylic acids is 1. The number of hydrogen-bond acceptors (Lipinski definition) is 4. The van der Waals surface area contributed by atoms with Crippen molar-refractivity contribution in [2.24, 2.45) is 0 Å². The molecule has 0 aromatic carbocycles. The average Bonchev–Trinajstić information content (AvgIpc) is 2.64. The van der Waals surface area contributed by atoms with Gasteiger partial charge >= 0.3 is 5.97 Å². The van der Waals surface area contributed by atoms with Crippen molar-refractivity contribution >= 4 is 27.9 Å². The van der Waals surface area contributed by atoms with E-state index in [9.17, 15) is 18.3 Å². The highest BCUT2D eigenvalue weighted by Gasteiger charge is 2.46. The Morgan fingerprint density at radius 2 is 1.84 bits per heavy atom. The van der Waals surface area contributed by atoms with Crippen LogP contribution >= 0.6 is 11.8 Å². The first kappa shape index (κ1) is 15.1. The van der Waals surface area contributed by atoms with Gasteiger partial charge in [-0.05, 0) is 25.0 Å². The third kappa shape index (κ3) is 3.42. The predicted octanol–water partition coefficient (Wildman–Crippen LogP) is 0.657. The van der Waals surface area contributed by atoms with E-state index in [4.69, 9.17) is 0 Å². The van der Waals surface area contributed by atoms with Crippen molar-refractivity contribution in [3.8, 4) is 0 Å². The standard InChI is InChI=1S/C11H20N2O4S2/c14-10(15)11(5-8-18-9-11)12-19(16,17)13-6-3-1-2-4-7-13/h12H,1-9H2,(H,14,15). The minimum Gasteiger partial charge on any atom is -0.480 e. The fraction of sp³-hybridized carbons (Fsp3) is 0.909. The van der Waals surface area contributed by atoms with Crippen LogP contribution in [-0.2, 0) is 15.0 Å². The summed E-state index contributed by atoms with van der Waals surface area (Å²) in [6, 6.07) is 0. The summed E-state index contributed by atoms with van der Waals surface area (Å²) in [6.07, 6.45) is 4.10. The van der Waals surface area contributed by atoms with E-state index in [1.807, 2.05) is 0 Å². The van der Waals surface area contributed by atoms with Crippen LogP contribution in [0.25, 0.3) is 0 Å². The summed E-state index contributed by atoms with van der Waals surface area (Å²) in [4.78, 5) is 11.4. The third-order valence-corrected chi connectivity index (χ3v) is 6.54. The Bertz CT molecular complexity index is 424. The van der Waals surface area contributed by atoms with E-state index in [-0.39, 0.29) is 0 Å². The molecule has 1 unspecified atom stereocenters. The van der Waals surface area contributed by atoms with Crippen molar-refractivity contribution in [3.05, 3.63) is 0 Å². The molecule has 110 valence electrons. The average molecular weight is 308 g/mol. The van der Waals surface area contributed by atoms with Crippen LogP contribution in [0.1, 0.15) is 32.1 Å². The molecule has 0 amide bonds. The molecule has 0 aromatic heterocycles. The van der Waals surface area contributed by atoms with E-state index in [2.05, 4.69) is 4.72 Å². The Balaban J connectivity index is 2.12. The quantitative estimate of drug-likeness (QED) is 0.796. The molecule has 0 saturated carbocycles. The van der Waals surface area contributed by atoms with Crippen molar-refractivity contribution < 1.29 is 18.3 Å². The molecule has 19 heavy (non-hydrogen) atoms. The zero-order chi connectivity index (χ0) is 13.9. The van der Waals surface area contributed by atoms with Crippen LogP contribution in [0.2, 0.25) is 0 Å². The van der Waals surface area contributed by atoms with Crippen LogP contribution in [0.15, 0.2) is 0 Å². The smallest absolute Gasteiger partial charge is 0.325 e. The second-order valence-electron chi connectivity index (χ2n) is 5.11. The summed E-state index contributed by atoms with van der Waals surface area (Å²) in [5.41, 5.74) is -1.32. The number of thioether (sulfide) groups is 1. The van der Waals surface area contributed by atoms with Gasteiger partial charge in [0.1, 0.15) is 5.54 Å². The topological polar surface area (TPSA) is 86.7 Å². The number of aliphatic carboxylic acids is 1. The van der Waals surface area contributed by atoms with Crippen LogP contribution in [0.4, 0.5) is 0 Å². The molecule has 0 radical (unpaired) electrons. The number of carboxylic acid groups (broad SMARTS) is 1. The number of carbonyl (C=O) groups is 1. The Morgan fingerprint density at radius 3 is 2.32 bits per heavy atom. The first-order chi connectivity index (χ1) is 8.96. The number of rotatable bonds is 4. The molecule has 0 bridgehead atoms. The normalized spacial score (nSPS) is 30.1. The largest absolute Gasteiger partial charge is 0.480 e. The first-order valence-electron chi connectivity index (χ1n) is 6.56. The molecule has 1 atom stereocenters. The molecular weight excluding hydrogens is 288 g/mol. The molecule has 2 aliphatic rings. The van der Waals surface area contributed by atoms with E-state index in [1.54, 1.807) is 0 Å². The first-order valence-corrected chi connectivity index (χ1v) is 9.16. The van der Waals surface area contributed by atoms with Gasteiger partial charge in [-0.15, -0.1) is 0 Å². The van der Waals surface area contributed by atoms with E-state index < -0.39 is 21.7 Å². The molecule has 0 aromatic rings.